The maximum atomic E-state index is 5.40. The molecule has 0 unspecified atom stereocenters. The van der Waals surface area contributed by atoms with E-state index in [9.17, 15) is 0 Å². The highest BCUT2D eigenvalue weighted by atomic mass is 35.6. The second-order valence-corrected chi connectivity index (χ2v) is 7.18. The first-order valence-corrected chi connectivity index (χ1v) is 5.38. The van der Waals surface area contributed by atoms with Gasteiger partial charge in [0.25, 0.3) is 0 Å². The van der Waals surface area contributed by atoms with Crippen LogP contribution < -0.4 is 0 Å². The van der Waals surface area contributed by atoms with E-state index in [1.807, 2.05) is 6.26 Å². The van der Waals surface area contributed by atoms with Crippen molar-refractivity contribution in [1.82, 2.24) is 0 Å². The average Bonchev–Trinajstić information content (AvgIpc) is 1.62. The van der Waals surface area contributed by atoms with Crippen LogP contribution in [0.3, 0.4) is 0 Å². The normalized spacial score (nSPS) is 11.6. The van der Waals surface area contributed by atoms with Gasteiger partial charge in [-0.2, -0.15) is 0 Å². The van der Waals surface area contributed by atoms with Crippen LogP contribution >= 0.6 is 70.5 Å². The Balaban J connectivity index is 3.60. The van der Waals surface area contributed by atoms with Crippen molar-refractivity contribution < 1.29 is 0 Å². The van der Waals surface area contributed by atoms with E-state index in [0.717, 1.165) is 11.8 Å². The molecule has 0 N–H and O–H groups in total. The van der Waals surface area contributed by atoms with Crippen LogP contribution in [0.15, 0.2) is 0 Å². The monoisotopic (exact) mass is 240 g/mol. The molecular formula is C3H3Cl3S3. The molecule has 0 bridgehead atoms. The van der Waals surface area contributed by atoms with E-state index < -0.39 is 3.12 Å². The summed E-state index contributed by atoms with van der Waals surface area (Å²) < 4.78 is -0.671. The zero-order chi connectivity index (χ0) is 7.49. The van der Waals surface area contributed by atoms with Gasteiger partial charge in [-0.1, -0.05) is 58.8 Å². The van der Waals surface area contributed by atoms with E-state index in [1.54, 1.807) is 0 Å². The topological polar surface area (TPSA) is 0 Å². The van der Waals surface area contributed by atoms with Crippen molar-refractivity contribution in [2.45, 2.75) is 3.12 Å². The van der Waals surface area contributed by atoms with Crippen molar-refractivity contribution in [2.24, 2.45) is 0 Å². The average molecular weight is 242 g/mol. The summed E-state index contributed by atoms with van der Waals surface area (Å²) in [6, 6.07) is 0. The minimum atomic E-state index is -1.31. The second-order valence-electron chi connectivity index (χ2n) is 1.00. The largest absolute Gasteiger partial charge is 0.243 e. The molecule has 0 saturated carbocycles. The predicted octanol–water partition coefficient (Wildman–Crippen LogP) is 3.70. The van der Waals surface area contributed by atoms with Gasteiger partial charge in [0.1, 0.15) is 3.53 Å². The Morgan fingerprint density at radius 2 is 1.89 bits per heavy atom. The van der Waals surface area contributed by atoms with Crippen molar-refractivity contribution in [3.63, 3.8) is 0 Å². The Bertz CT molecular complexity index is 107. The maximum absolute atomic E-state index is 5.40. The fraction of sp³-hybridized carbons (Fsp3) is 0.667. The molecule has 6 heteroatoms. The molecule has 9 heavy (non-hydrogen) atoms. The fourth-order valence-electron chi connectivity index (χ4n) is 0.136. The molecule has 0 radical (unpaired) electrons. The smallest absolute Gasteiger partial charge is 0.111 e. The third-order valence-electron chi connectivity index (χ3n) is 0.366. The SMILES string of the molecule is CSC(=S)SC(Cl)(Cl)Cl. The van der Waals surface area contributed by atoms with Crippen molar-refractivity contribution in [3.05, 3.63) is 0 Å². The van der Waals surface area contributed by atoms with Crippen LogP contribution in [0, 0.1) is 0 Å². The summed E-state index contributed by atoms with van der Waals surface area (Å²) in [7, 11) is 0. The molecule has 0 aliphatic carbocycles. The lowest BCUT2D eigenvalue weighted by Crippen LogP contribution is -1.96. The minimum Gasteiger partial charge on any atom is -0.111 e. The molecule has 0 saturated heterocycles. The van der Waals surface area contributed by atoms with Gasteiger partial charge in [0.15, 0.2) is 0 Å². The maximum Gasteiger partial charge on any atom is 0.243 e. The summed E-state index contributed by atoms with van der Waals surface area (Å²) >= 11 is 23.4. The van der Waals surface area contributed by atoms with E-state index >= 15 is 0 Å². The first-order valence-electron chi connectivity index (χ1n) is 1.79. The van der Waals surface area contributed by atoms with Gasteiger partial charge in [-0.05, 0) is 6.26 Å². The first kappa shape index (κ1) is 10.7. The number of halogens is 3. The summed E-state index contributed by atoms with van der Waals surface area (Å²) in [5, 5.41) is 0. The molecule has 0 aromatic carbocycles. The van der Waals surface area contributed by atoms with Gasteiger partial charge in [-0.25, -0.2) is 0 Å². The lowest BCUT2D eigenvalue weighted by atomic mass is 11.8. The van der Waals surface area contributed by atoms with Crippen molar-refractivity contribution in [1.29, 1.82) is 0 Å². The van der Waals surface area contributed by atoms with Crippen LogP contribution in [0.4, 0.5) is 0 Å². The van der Waals surface area contributed by atoms with Crippen LogP contribution in [-0.4, -0.2) is 12.9 Å². The standard InChI is InChI=1S/C3H3Cl3S3/c1-8-2(7)9-3(4,5)6/h1H3. The highest BCUT2D eigenvalue weighted by Crippen LogP contribution is 2.41. The van der Waals surface area contributed by atoms with Gasteiger partial charge in [-0.15, -0.1) is 11.8 Å². The number of thiocarbonyl (C=S) groups is 1. The van der Waals surface area contributed by atoms with Crippen molar-refractivity contribution in [3.8, 4) is 0 Å². The quantitative estimate of drug-likeness (QED) is 0.469. The Labute approximate surface area is 83.0 Å². The molecule has 0 nitrogen and oxygen atoms in total. The Kier molecular flexibility index (Phi) is 5.35. The molecule has 0 aromatic heterocycles. The van der Waals surface area contributed by atoms with Gasteiger partial charge in [0.2, 0.25) is 3.12 Å². The number of hydrogen-bond donors (Lipinski definition) is 0. The van der Waals surface area contributed by atoms with E-state index in [4.69, 9.17) is 47.0 Å². The summed E-state index contributed by atoms with van der Waals surface area (Å²) in [5.74, 6) is 0. The molecule has 0 atom stereocenters. The third-order valence-corrected chi connectivity index (χ3v) is 3.29. The van der Waals surface area contributed by atoms with E-state index in [0.29, 0.717) is 3.53 Å². The predicted molar refractivity (Wildman–Crippen MR) is 54.0 cm³/mol. The van der Waals surface area contributed by atoms with Crippen LogP contribution in [0.25, 0.3) is 0 Å². The molecule has 0 fully saturated rings. The molecule has 0 aromatic rings. The lowest BCUT2D eigenvalue weighted by molar-refractivity contribution is 1.81. The number of alkyl halides is 3. The highest BCUT2D eigenvalue weighted by Gasteiger charge is 2.22. The summed E-state index contributed by atoms with van der Waals surface area (Å²) in [4.78, 5) is 0. The van der Waals surface area contributed by atoms with Crippen molar-refractivity contribution in [2.75, 3.05) is 6.26 Å². The molecule has 0 spiro atoms. The number of hydrogen-bond acceptors (Lipinski definition) is 3. The Hall–Kier alpha value is 1.66. The Morgan fingerprint density at radius 1 is 1.44 bits per heavy atom. The molecule has 0 aliphatic rings. The number of thioether (sulfide) groups is 2. The van der Waals surface area contributed by atoms with Crippen LogP contribution in [0.5, 0.6) is 0 Å². The highest BCUT2D eigenvalue weighted by molar-refractivity contribution is 8.48. The first-order chi connectivity index (χ1) is 3.95. The summed E-state index contributed by atoms with van der Waals surface area (Å²) in [6.07, 6.45) is 1.84. The molecule has 54 valence electrons. The minimum absolute atomic E-state index is 0.634. The van der Waals surface area contributed by atoms with Crippen LogP contribution in [0.2, 0.25) is 0 Å². The van der Waals surface area contributed by atoms with Crippen LogP contribution in [0.1, 0.15) is 0 Å². The third kappa shape index (κ3) is 7.56. The van der Waals surface area contributed by atoms with Gasteiger partial charge in [0.05, 0.1) is 0 Å². The molecule has 0 amide bonds. The van der Waals surface area contributed by atoms with E-state index in [1.165, 1.54) is 11.8 Å². The zero-order valence-corrected chi connectivity index (χ0v) is 9.08. The van der Waals surface area contributed by atoms with E-state index in [-0.39, 0.29) is 0 Å². The van der Waals surface area contributed by atoms with Crippen LogP contribution in [-0.2, 0) is 0 Å². The van der Waals surface area contributed by atoms with Crippen molar-refractivity contribution >= 4 is 74.1 Å². The van der Waals surface area contributed by atoms with Gasteiger partial charge >= 0.3 is 0 Å². The lowest BCUT2D eigenvalue weighted by Gasteiger charge is -2.07. The van der Waals surface area contributed by atoms with Gasteiger partial charge < -0.3 is 0 Å². The molecule has 0 aliphatic heterocycles. The molecular weight excluding hydrogens is 239 g/mol. The van der Waals surface area contributed by atoms with E-state index in [2.05, 4.69) is 0 Å². The number of rotatable bonds is 0. The van der Waals surface area contributed by atoms with Gasteiger partial charge in [0, 0.05) is 0 Å². The molecule has 0 heterocycles. The summed E-state index contributed by atoms with van der Waals surface area (Å²) in [5.41, 5.74) is 0. The summed E-state index contributed by atoms with van der Waals surface area (Å²) in [6.45, 7) is 0. The Morgan fingerprint density at radius 3 is 2.00 bits per heavy atom. The second kappa shape index (κ2) is 4.52. The van der Waals surface area contributed by atoms with Gasteiger partial charge in [-0.3, -0.25) is 0 Å². The molecule has 0 rings (SSSR count). The zero-order valence-electron chi connectivity index (χ0n) is 4.36. The fourth-order valence-corrected chi connectivity index (χ4v) is 2.93.